The first-order chi connectivity index (χ1) is 6.77. The summed E-state index contributed by atoms with van der Waals surface area (Å²) in [5, 5.41) is 0. The van der Waals surface area contributed by atoms with Crippen LogP contribution in [0.4, 0.5) is 0 Å². The summed E-state index contributed by atoms with van der Waals surface area (Å²) in [5.74, 6) is -0.0535. The molecule has 0 fully saturated rings. The highest BCUT2D eigenvalue weighted by atomic mass is 16.5. The molecule has 0 aliphatic heterocycles. The van der Waals surface area contributed by atoms with Crippen LogP contribution in [-0.2, 0) is 9.53 Å². The van der Waals surface area contributed by atoms with E-state index in [1.54, 1.807) is 6.92 Å². The van der Waals surface area contributed by atoms with Gasteiger partial charge in [0.15, 0.2) is 0 Å². The number of carbonyl (C=O) groups excluding carboxylic acids is 2. The van der Waals surface area contributed by atoms with Crippen LogP contribution in [0.15, 0.2) is 24.3 Å². The number of ether oxygens (including phenoxy) is 2. The molecule has 0 amide bonds. The first-order valence-electron chi connectivity index (χ1n) is 4.09. The molecule has 0 aromatic heterocycles. The molecule has 0 N–H and O–H groups in total. The molecule has 4 nitrogen and oxygen atoms in total. The highest BCUT2D eigenvalue weighted by Crippen LogP contribution is 2.11. The first kappa shape index (κ1) is 10.2. The zero-order valence-electron chi connectivity index (χ0n) is 7.65. The Kier molecular flexibility index (Phi) is 3.67. The van der Waals surface area contributed by atoms with E-state index in [0.29, 0.717) is 17.9 Å². The van der Waals surface area contributed by atoms with Crippen molar-refractivity contribution < 1.29 is 19.1 Å². The van der Waals surface area contributed by atoms with E-state index in [0.717, 1.165) is 0 Å². The summed E-state index contributed by atoms with van der Waals surface area (Å²) in [6.07, 6.45) is 0. The van der Waals surface area contributed by atoms with Crippen LogP contribution in [0.3, 0.4) is 0 Å². The van der Waals surface area contributed by atoms with Gasteiger partial charge in [0.2, 0.25) is 0 Å². The van der Waals surface area contributed by atoms with E-state index in [2.05, 4.69) is 4.74 Å². The molecule has 0 saturated heterocycles. The van der Waals surface area contributed by atoms with Gasteiger partial charge in [0.25, 0.3) is 0 Å². The summed E-state index contributed by atoms with van der Waals surface area (Å²) in [5.41, 5.74) is 0.421. The van der Waals surface area contributed by atoms with Gasteiger partial charge in [-0.1, -0.05) is 0 Å². The monoisotopic (exact) mass is 193 g/mol. The lowest BCUT2D eigenvalue weighted by atomic mass is 10.2. The number of esters is 1. The third-order valence-corrected chi connectivity index (χ3v) is 1.52. The molecule has 0 unspecified atom stereocenters. The standard InChI is InChI=1S/C10H9O4/c1-2-13-10(12)8-3-5-9(6-4-8)14-7-11/h3-6H,2H2,1H3. The van der Waals surface area contributed by atoms with Crippen LogP contribution in [0, 0.1) is 0 Å². The van der Waals surface area contributed by atoms with Crippen LogP contribution in [0.1, 0.15) is 17.3 Å². The van der Waals surface area contributed by atoms with Gasteiger partial charge in [0.1, 0.15) is 5.75 Å². The Balaban J connectivity index is 2.72. The lowest BCUT2D eigenvalue weighted by molar-refractivity contribution is 0.0526. The van der Waals surface area contributed by atoms with Gasteiger partial charge in [-0.2, -0.15) is 0 Å². The molecule has 0 saturated carbocycles. The summed E-state index contributed by atoms with van der Waals surface area (Å²) in [7, 11) is 0. The number of hydrogen-bond donors (Lipinski definition) is 0. The smallest absolute Gasteiger partial charge is 0.423 e. The van der Waals surface area contributed by atoms with E-state index in [1.165, 1.54) is 30.7 Å². The highest BCUT2D eigenvalue weighted by Gasteiger charge is 2.05. The maximum Gasteiger partial charge on any atom is 0.423 e. The summed E-state index contributed by atoms with van der Waals surface area (Å²) >= 11 is 0. The Labute approximate surface area is 81.4 Å². The fraction of sp³-hybridized carbons (Fsp3) is 0.200. The van der Waals surface area contributed by atoms with Gasteiger partial charge < -0.3 is 9.47 Å². The Morgan fingerprint density at radius 2 is 2.00 bits per heavy atom. The second kappa shape index (κ2) is 5.01. The summed E-state index contributed by atoms with van der Waals surface area (Å²) in [6, 6.07) is 6.03. The summed E-state index contributed by atoms with van der Waals surface area (Å²) < 4.78 is 9.21. The van der Waals surface area contributed by atoms with Gasteiger partial charge in [-0.05, 0) is 31.2 Å². The Hall–Kier alpha value is -1.84. The van der Waals surface area contributed by atoms with Gasteiger partial charge in [0.05, 0.1) is 12.2 Å². The molecule has 0 spiro atoms. The van der Waals surface area contributed by atoms with E-state index < -0.39 is 5.97 Å². The van der Waals surface area contributed by atoms with E-state index >= 15 is 0 Å². The molecule has 0 aliphatic carbocycles. The molecular weight excluding hydrogens is 184 g/mol. The molecule has 1 aromatic carbocycles. The molecule has 0 bridgehead atoms. The van der Waals surface area contributed by atoms with Crippen molar-refractivity contribution in [1.29, 1.82) is 0 Å². The highest BCUT2D eigenvalue weighted by molar-refractivity contribution is 5.89. The minimum atomic E-state index is -0.394. The van der Waals surface area contributed by atoms with Crippen molar-refractivity contribution in [1.82, 2.24) is 0 Å². The van der Waals surface area contributed by atoms with Crippen molar-refractivity contribution in [2.45, 2.75) is 6.92 Å². The number of hydrogen-bond acceptors (Lipinski definition) is 4. The largest absolute Gasteiger partial charge is 0.462 e. The first-order valence-corrected chi connectivity index (χ1v) is 4.09. The molecule has 14 heavy (non-hydrogen) atoms. The third-order valence-electron chi connectivity index (χ3n) is 1.52. The Bertz CT molecular complexity index is 315. The van der Waals surface area contributed by atoms with Gasteiger partial charge in [0, 0.05) is 0 Å². The molecule has 1 aromatic rings. The molecule has 4 heteroatoms. The van der Waals surface area contributed by atoms with Crippen molar-refractivity contribution in [3.05, 3.63) is 29.8 Å². The second-order valence-corrected chi connectivity index (χ2v) is 2.43. The summed E-state index contributed by atoms with van der Waals surface area (Å²) in [4.78, 5) is 21.0. The van der Waals surface area contributed by atoms with E-state index in [4.69, 9.17) is 4.74 Å². The maximum absolute atomic E-state index is 11.2. The van der Waals surface area contributed by atoms with Crippen molar-refractivity contribution >= 4 is 12.4 Å². The molecular formula is C10H9O4. The van der Waals surface area contributed by atoms with Crippen LogP contribution >= 0.6 is 0 Å². The fourth-order valence-electron chi connectivity index (χ4n) is 0.922. The zero-order chi connectivity index (χ0) is 10.4. The lowest BCUT2D eigenvalue weighted by Gasteiger charge is -2.01. The van der Waals surface area contributed by atoms with Crippen molar-refractivity contribution in [2.75, 3.05) is 6.61 Å². The summed E-state index contributed by atoms with van der Waals surface area (Å²) in [6.45, 7) is 3.36. The maximum atomic E-state index is 11.2. The predicted molar refractivity (Wildman–Crippen MR) is 48.7 cm³/mol. The topological polar surface area (TPSA) is 52.6 Å². The average molecular weight is 193 g/mol. The minimum absolute atomic E-state index is 0.333. The predicted octanol–water partition coefficient (Wildman–Crippen LogP) is 1.31. The molecule has 73 valence electrons. The quantitative estimate of drug-likeness (QED) is 0.676. The molecule has 0 heterocycles. The van der Waals surface area contributed by atoms with Crippen LogP contribution in [0.2, 0.25) is 0 Å². The normalized spacial score (nSPS) is 9.21. The molecule has 0 aliphatic rings. The fourth-order valence-corrected chi connectivity index (χ4v) is 0.922. The van der Waals surface area contributed by atoms with Crippen LogP contribution in [0.5, 0.6) is 5.75 Å². The molecule has 1 rings (SSSR count). The number of benzene rings is 1. The van der Waals surface area contributed by atoms with Gasteiger partial charge in [-0.25, -0.2) is 9.59 Å². The van der Waals surface area contributed by atoms with Crippen LogP contribution < -0.4 is 4.74 Å². The zero-order valence-corrected chi connectivity index (χ0v) is 7.65. The third kappa shape index (κ3) is 2.58. The van der Waals surface area contributed by atoms with Crippen molar-refractivity contribution in [2.24, 2.45) is 0 Å². The van der Waals surface area contributed by atoms with E-state index in [1.807, 2.05) is 0 Å². The van der Waals surface area contributed by atoms with Gasteiger partial charge >= 0.3 is 12.4 Å². The SMILES string of the molecule is CCOC(=O)c1ccc(O[C]=O)cc1. The minimum Gasteiger partial charge on any atom is -0.462 e. The second-order valence-electron chi connectivity index (χ2n) is 2.43. The molecule has 0 atom stereocenters. The van der Waals surface area contributed by atoms with E-state index in [-0.39, 0.29) is 0 Å². The van der Waals surface area contributed by atoms with Crippen molar-refractivity contribution in [3.8, 4) is 5.75 Å². The Morgan fingerprint density at radius 3 is 2.50 bits per heavy atom. The van der Waals surface area contributed by atoms with Crippen LogP contribution in [0.25, 0.3) is 0 Å². The van der Waals surface area contributed by atoms with E-state index in [9.17, 15) is 9.59 Å². The average Bonchev–Trinajstić information content (AvgIpc) is 2.20. The van der Waals surface area contributed by atoms with Crippen LogP contribution in [-0.4, -0.2) is 19.0 Å². The van der Waals surface area contributed by atoms with Gasteiger partial charge in [-0.3, -0.25) is 0 Å². The number of carbonyl (C=O) groups is 1. The Morgan fingerprint density at radius 1 is 1.36 bits per heavy atom. The van der Waals surface area contributed by atoms with Crippen molar-refractivity contribution in [3.63, 3.8) is 0 Å². The number of rotatable bonds is 4. The lowest BCUT2D eigenvalue weighted by Crippen LogP contribution is -2.04. The molecule has 1 radical (unpaired) electrons. The van der Waals surface area contributed by atoms with Gasteiger partial charge in [-0.15, -0.1) is 0 Å².